The van der Waals surface area contributed by atoms with Gasteiger partial charge in [0.15, 0.2) is 0 Å². The fourth-order valence-electron chi connectivity index (χ4n) is 2.08. The van der Waals surface area contributed by atoms with Gasteiger partial charge in [0.2, 0.25) is 5.91 Å². The van der Waals surface area contributed by atoms with Crippen molar-refractivity contribution in [1.29, 1.82) is 0 Å². The van der Waals surface area contributed by atoms with E-state index in [-0.39, 0.29) is 17.8 Å². The van der Waals surface area contributed by atoms with Gasteiger partial charge in [-0.2, -0.15) is 13.2 Å². The van der Waals surface area contributed by atoms with Gasteiger partial charge in [-0.15, -0.1) is 0 Å². The Morgan fingerprint density at radius 3 is 2.18 bits per heavy atom. The lowest BCUT2D eigenvalue weighted by Crippen LogP contribution is -2.53. The number of rotatable bonds is 4. The standard InChI is InChI=1S/C14H21F3N2O2S/c1-8-9(2)22-12(21)19(8)7-6-10(20)18-11(13(3,4)5)14(15,16)17/h11H,6-7H2,1-5H3,(H,18,20)/t11-/m0/s1. The van der Waals surface area contributed by atoms with E-state index >= 15 is 0 Å². The zero-order chi connectivity index (χ0) is 17.3. The molecule has 0 unspecified atom stereocenters. The molecule has 0 aliphatic rings. The maximum absolute atomic E-state index is 13.0. The summed E-state index contributed by atoms with van der Waals surface area (Å²) >= 11 is 1.07. The zero-order valence-electron chi connectivity index (χ0n) is 13.3. The van der Waals surface area contributed by atoms with Crippen LogP contribution in [0.1, 0.15) is 37.8 Å². The van der Waals surface area contributed by atoms with E-state index in [0.717, 1.165) is 21.9 Å². The molecule has 0 fully saturated rings. The van der Waals surface area contributed by atoms with Crippen LogP contribution < -0.4 is 10.2 Å². The molecule has 0 radical (unpaired) electrons. The predicted molar refractivity (Wildman–Crippen MR) is 80.1 cm³/mol. The largest absolute Gasteiger partial charge is 0.409 e. The molecule has 8 heteroatoms. The average Bonchev–Trinajstić information content (AvgIpc) is 2.55. The number of amides is 1. The smallest absolute Gasteiger partial charge is 0.344 e. The third kappa shape index (κ3) is 4.59. The van der Waals surface area contributed by atoms with Gasteiger partial charge >= 0.3 is 11.0 Å². The van der Waals surface area contributed by atoms with Crippen LogP contribution in [0, 0.1) is 19.3 Å². The van der Waals surface area contributed by atoms with Gasteiger partial charge in [-0.3, -0.25) is 9.59 Å². The van der Waals surface area contributed by atoms with Crippen molar-refractivity contribution in [1.82, 2.24) is 9.88 Å². The molecule has 0 aromatic carbocycles. The van der Waals surface area contributed by atoms with Gasteiger partial charge in [-0.05, 0) is 19.3 Å². The van der Waals surface area contributed by atoms with E-state index in [2.05, 4.69) is 0 Å². The summed E-state index contributed by atoms with van der Waals surface area (Å²) in [5, 5.41) is 2.04. The number of alkyl halides is 3. The van der Waals surface area contributed by atoms with Crippen LogP contribution in [0.15, 0.2) is 4.79 Å². The summed E-state index contributed by atoms with van der Waals surface area (Å²) < 4.78 is 40.4. The number of aromatic nitrogens is 1. The molecule has 126 valence electrons. The Hall–Kier alpha value is -1.31. The van der Waals surface area contributed by atoms with Gasteiger partial charge in [0.1, 0.15) is 6.04 Å². The molecule has 1 N–H and O–H groups in total. The highest BCUT2D eigenvalue weighted by Crippen LogP contribution is 2.33. The summed E-state index contributed by atoms with van der Waals surface area (Å²) in [6, 6.07) is -1.92. The third-order valence-corrected chi connectivity index (χ3v) is 4.43. The second-order valence-corrected chi connectivity index (χ2v) is 7.49. The van der Waals surface area contributed by atoms with E-state index in [1.54, 1.807) is 13.8 Å². The second kappa shape index (κ2) is 6.44. The van der Waals surface area contributed by atoms with Gasteiger partial charge in [0.05, 0.1) is 0 Å². The van der Waals surface area contributed by atoms with Gasteiger partial charge in [-0.25, -0.2) is 0 Å². The first-order chi connectivity index (χ1) is 9.84. The SMILES string of the molecule is Cc1sc(=O)n(CCC(=O)N[C@@H](C(C)(C)C)C(F)(F)F)c1C. The van der Waals surface area contributed by atoms with Crippen LogP contribution in [0.5, 0.6) is 0 Å². The second-order valence-electron chi connectivity index (χ2n) is 6.32. The van der Waals surface area contributed by atoms with Crippen molar-refractivity contribution in [2.24, 2.45) is 5.41 Å². The molecular weight excluding hydrogens is 317 g/mol. The molecule has 4 nitrogen and oxygen atoms in total. The highest BCUT2D eigenvalue weighted by molar-refractivity contribution is 7.09. The summed E-state index contributed by atoms with van der Waals surface area (Å²) in [7, 11) is 0. The van der Waals surface area contributed by atoms with E-state index in [9.17, 15) is 22.8 Å². The van der Waals surface area contributed by atoms with Gasteiger partial charge in [0, 0.05) is 23.5 Å². The van der Waals surface area contributed by atoms with Gasteiger partial charge in [-0.1, -0.05) is 32.1 Å². The number of nitrogens with zero attached hydrogens (tertiary/aromatic N) is 1. The number of halogens is 3. The van der Waals surface area contributed by atoms with Crippen molar-refractivity contribution in [2.45, 2.75) is 59.8 Å². The first-order valence-electron chi connectivity index (χ1n) is 6.87. The molecule has 1 atom stereocenters. The lowest BCUT2D eigenvalue weighted by molar-refractivity contribution is -0.181. The summed E-state index contributed by atoms with van der Waals surface area (Å²) in [6.45, 7) is 7.87. The Kier molecular flexibility index (Phi) is 5.48. The zero-order valence-corrected chi connectivity index (χ0v) is 14.1. The maximum atomic E-state index is 13.0. The highest BCUT2D eigenvalue weighted by atomic mass is 32.1. The van der Waals surface area contributed by atoms with Crippen molar-refractivity contribution in [3.8, 4) is 0 Å². The van der Waals surface area contributed by atoms with Crippen LogP contribution in [0.2, 0.25) is 0 Å². The minimum Gasteiger partial charge on any atom is -0.344 e. The third-order valence-electron chi connectivity index (χ3n) is 3.44. The van der Waals surface area contributed by atoms with Crippen molar-refractivity contribution in [3.63, 3.8) is 0 Å². The molecule has 0 spiro atoms. The minimum absolute atomic E-state index is 0.0789. The number of thiazole rings is 1. The molecule has 0 saturated carbocycles. The molecule has 0 aliphatic heterocycles. The Morgan fingerprint density at radius 2 is 1.82 bits per heavy atom. The lowest BCUT2D eigenvalue weighted by Gasteiger charge is -2.33. The number of hydrogen-bond acceptors (Lipinski definition) is 3. The molecular formula is C14H21F3N2O2S. The molecule has 0 bridgehead atoms. The number of nitrogens with one attached hydrogen (secondary N) is 1. The molecule has 22 heavy (non-hydrogen) atoms. The van der Waals surface area contributed by atoms with Crippen LogP contribution in [0.3, 0.4) is 0 Å². The predicted octanol–water partition coefficient (Wildman–Crippen LogP) is 3.01. The Balaban J connectivity index is 2.75. The average molecular weight is 338 g/mol. The van der Waals surface area contributed by atoms with Crippen LogP contribution in [-0.4, -0.2) is 22.7 Å². The Labute approximate surface area is 131 Å². The minimum atomic E-state index is -4.51. The molecule has 1 aromatic rings. The van der Waals surface area contributed by atoms with E-state index in [0.29, 0.717) is 0 Å². The number of carbonyl (C=O) groups excluding carboxylic acids is 1. The Morgan fingerprint density at radius 1 is 1.27 bits per heavy atom. The van der Waals surface area contributed by atoms with Crippen LogP contribution in [0.4, 0.5) is 13.2 Å². The first kappa shape index (κ1) is 18.7. The summed E-state index contributed by atoms with van der Waals surface area (Å²) in [5.74, 6) is -0.715. The molecule has 1 aromatic heterocycles. The fraction of sp³-hybridized carbons (Fsp3) is 0.714. The molecule has 1 rings (SSSR count). The van der Waals surface area contributed by atoms with Crippen LogP contribution in [0.25, 0.3) is 0 Å². The molecule has 0 saturated heterocycles. The van der Waals surface area contributed by atoms with Gasteiger partial charge < -0.3 is 9.88 Å². The number of hydrogen-bond donors (Lipinski definition) is 1. The van der Waals surface area contributed by atoms with E-state index in [4.69, 9.17) is 0 Å². The van der Waals surface area contributed by atoms with Crippen molar-refractivity contribution in [3.05, 3.63) is 20.2 Å². The molecule has 0 aliphatic carbocycles. The van der Waals surface area contributed by atoms with Crippen molar-refractivity contribution in [2.75, 3.05) is 0 Å². The normalized spacial score (nSPS) is 14.0. The lowest BCUT2D eigenvalue weighted by atomic mass is 9.86. The topological polar surface area (TPSA) is 51.1 Å². The molecule has 1 heterocycles. The van der Waals surface area contributed by atoms with Crippen LogP contribution >= 0.6 is 11.3 Å². The van der Waals surface area contributed by atoms with E-state index in [1.165, 1.54) is 25.3 Å². The maximum Gasteiger partial charge on any atom is 0.409 e. The summed E-state index contributed by atoms with van der Waals surface area (Å²) in [5.41, 5.74) is -0.398. The van der Waals surface area contributed by atoms with Gasteiger partial charge in [0.25, 0.3) is 0 Å². The number of carbonyl (C=O) groups is 1. The number of aryl methyl sites for hydroxylation is 1. The first-order valence-corrected chi connectivity index (χ1v) is 7.68. The molecule has 1 amide bonds. The summed E-state index contributed by atoms with van der Waals surface area (Å²) in [4.78, 5) is 24.1. The highest BCUT2D eigenvalue weighted by Gasteiger charge is 2.47. The van der Waals surface area contributed by atoms with E-state index in [1.807, 2.05) is 5.32 Å². The summed E-state index contributed by atoms with van der Waals surface area (Å²) in [6.07, 6.45) is -4.68. The van der Waals surface area contributed by atoms with Crippen molar-refractivity contribution < 1.29 is 18.0 Å². The quantitative estimate of drug-likeness (QED) is 0.917. The Bertz CT molecular complexity index is 583. The monoisotopic (exact) mass is 338 g/mol. The van der Waals surface area contributed by atoms with Crippen LogP contribution in [-0.2, 0) is 11.3 Å². The fourth-order valence-corrected chi connectivity index (χ4v) is 2.94. The van der Waals surface area contributed by atoms with Crippen molar-refractivity contribution >= 4 is 17.2 Å². The van der Waals surface area contributed by atoms with E-state index < -0.39 is 23.5 Å².